The molecule has 2 atom stereocenters. The van der Waals surface area contributed by atoms with E-state index < -0.39 is 5.60 Å². The molecule has 0 bridgehead atoms. The Hall–Kier alpha value is -0.770. The van der Waals surface area contributed by atoms with Gasteiger partial charge in [-0.3, -0.25) is 0 Å². The molecule has 1 saturated heterocycles. The van der Waals surface area contributed by atoms with Crippen LogP contribution >= 0.6 is 0 Å². The number of carbonyl (C=O) groups excluding carboxylic acids is 1. The van der Waals surface area contributed by atoms with Crippen molar-refractivity contribution in [1.29, 1.82) is 0 Å². The van der Waals surface area contributed by atoms with Gasteiger partial charge in [-0.1, -0.05) is 13.8 Å². The summed E-state index contributed by atoms with van der Waals surface area (Å²) >= 11 is 0. The van der Waals surface area contributed by atoms with Gasteiger partial charge in [0.1, 0.15) is 5.60 Å². The van der Waals surface area contributed by atoms with Crippen molar-refractivity contribution in [3.8, 4) is 0 Å². The highest BCUT2D eigenvalue weighted by Crippen LogP contribution is 2.32. The van der Waals surface area contributed by atoms with Crippen molar-refractivity contribution in [2.75, 3.05) is 13.1 Å². The Morgan fingerprint density at radius 2 is 2.06 bits per heavy atom. The van der Waals surface area contributed by atoms with Crippen molar-refractivity contribution in [1.82, 2.24) is 4.90 Å². The van der Waals surface area contributed by atoms with Gasteiger partial charge in [0, 0.05) is 12.6 Å². The smallest absolute Gasteiger partial charge is 0.410 e. The van der Waals surface area contributed by atoms with Crippen LogP contribution < -0.4 is 5.73 Å². The third-order valence-electron chi connectivity index (χ3n) is 3.43. The number of carbonyl (C=O) groups is 1. The first-order chi connectivity index (χ1) is 8.26. The lowest BCUT2D eigenvalue weighted by molar-refractivity contribution is 0.0161. The zero-order valence-electron chi connectivity index (χ0n) is 12.4. The zero-order chi connectivity index (χ0) is 13.9. The highest BCUT2D eigenvalue weighted by molar-refractivity contribution is 5.69. The number of nitrogens with two attached hydrogens (primary N) is 1. The average molecular weight is 256 g/mol. The summed E-state index contributed by atoms with van der Waals surface area (Å²) in [6, 6.07) is 0.267. The van der Waals surface area contributed by atoms with Crippen LogP contribution in [0.1, 0.15) is 47.5 Å². The minimum Gasteiger partial charge on any atom is -0.444 e. The molecule has 0 aromatic rings. The number of rotatable bonds is 3. The fourth-order valence-electron chi connectivity index (χ4n) is 2.85. The molecule has 0 aliphatic carbocycles. The van der Waals surface area contributed by atoms with Crippen LogP contribution in [0.3, 0.4) is 0 Å². The molecule has 1 amide bonds. The van der Waals surface area contributed by atoms with E-state index in [-0.39, 0.29) is 12.1 Å². The lowest BCUT2D eigenvalue weighted by Crippen LogP contribution is -2.44. The molecule has 18 heavy (non-hydrogen) atoms. The molecule has 4 heteroatoms. The van der Waals surface area contributed by atoms with Crippen LogP contribution in [-0.4, -0.2) is 35.7 Å². The minimum absolute atomic E-state index is 0.180. The van der Waals surface area contributed by atoms with Gasteiger partial charge >= 0.3 is 6.09 Å². The Bertz CT molecular complexity index is 284. The molecule has 0 spiro atoms. The van der Waals surface area contributed by atoms with Crippen molar-refractivity contribution in [2.45, 2.75) is 59.1 Å². The van der Waals surface area contributed by atoms with Crippen LogP contribution in [0.25, 0.3) is 0 Å². The van der Waals surface area contributed by atoms with E-state index in [1.807, 2.05) is 25.7 Å². The maximum atomic E-state index is 12.2. The summed E-state index contributed by atoms with van der Waals surface area (Å²) in [6.07, 6.45) is 1.85. The van der Waals surface area contributed by atoms with Crippen molar-refractivity contribution < 1.29 is 9.53 Å². The standard InChI is InChI=1S/C14H28N2O2/c1-10(2)12-11(6-8-15)7-9-16(12)13(17)18-14(3,4)5/h10-12H,6-9,15H2,1-5H3. The predicted molar refractivity (Wildman–Crippen MR) is 73.3 cm³/mol. The molecule has 0 radical (unpaired) electrons. The van der Waals surface area contributed by atoms with Gasteiger partial charge in [-0.2, -0.15) is 0 Å². The second-order valence-electron chi connectivity index (χ2n) is 6.53. The van der Waals surface area contributed by atoms with E-state index in [4.69, 9.17) is 10.5 Å². The Balaban J connectivity index is 2.73. The zero-order valence-corrected chi connectivity index (χ0v) is 12.4. The maximum absolute atomic E-state index is 12.2. The molecule has 0 aromatic heterocycles. The Kier molecular flexibility index (Phi) is 5.02. The lowest BCUT2D eigenvalue weighted by Gasteiger charge is -2.33. The molecule has 1 fully saturated rings. The van der Waals surface area contributed by atoms with Crippen molar-refractivity contribution in [3.05, 3.63) is 0 Å². The Labute approximate surface area is 111 Å². The highest BCUT2D eigenvalue weighted by atomic mass is 16.6. The molecule has 106 valence electrons. The van der Waals surface area contributed by atoms with E-state index in [2.05, 4.69) is 13.8 Å². The van der Waals surface area contributed by atoms with Crippen LogP contribution in [0, 0.1) is 11.8 Å². The first-order valence-electron chi connectivity index (χ1n) is 6.96. The fraction of sp³-hybridized carbons (Fsp3) is 0.929. The Morgan fingerprint density at radius 3 is 2.50 bits per heavy atom. The van der Waals surface area contributed by atoms with Gasteiger partial charge in [-0.15, -0.1) is 0 Å². The number of amides is 1. The van der Waals surface area contributed by atoms with Crippen LogP contribution in [0.4, 0.5) is 4.79 Å². The van der Waals surface area contributed by atoms with Gasteiger partial charge in [0.2, 0.25) is 0 Å². The van der Waals surface area contributed by atoms with Gasteiger partial charge in [-0.25, -0.2) is 4.79 Å². The van der Waals surface area contributed by atoms with Crippen molar-refractivity contribution in [3.63, 3.8) is 0 Å². The molecule has 4 nitrogen and oxygen atoms in total. The molecule has 0 saturated carbocycles. The molecule has 1 heterocycles. The number of likely N-dealkylation sites (tertiary alicyclic amines) is 1. The quantitative estimate of drug-likeness (QED) is 0.844. The number of hydrogen-bond acceptors (Lipinski definition) is 3. The maximum Gasteiger partial charge on any atom is 0.410 e. The second kappa shape index (κ2) is 5.91. The summed E-state index contributed by atoms with van der Waals surface area (Å²) in [5.74, 6) is 0.957. The predicted octanol–water partition coefficient (Wildman–Crippen LogP) is 2.62. The van der Waals surface area contributed by atoms with Gasteiger partial charge in [0.05, 0.1) is 0 Å². The highest BCUT2D eigenvalue weighted by Gasteiger charge is 2.39. The summed E-state index contributed by atoms with van der Waals surface area (Å²) in [6.45, 7) is 11.5. The summed E-state index contributed by atoms with van der Waals surface area (Å²) < 4.78 is 5.48. The van der Waals surface area contributed by atoms with Crippen molar-refractivity contribution in [2.24, 2.45) is 17.6 Å². The Morgan fingerprint density at radius 1 is 1.44 bits per heavy atom. The third kappa shape index (κ3) is 3.87. The summed E-state index contributed by atoms with van der Waals surface area (Å²) in [5.41, 5.74) is 5.23. The largest absolute Gasteiger partial charge is 0.444 e. The summed E-state index contributed by atoms with van der Waals surface area (Å²) in [4.78, 5) is 14.1. The lowest BCUT2D eigenvalue weighted by atomic mass is 9.89. The third-order valence-corrected chi connectivity index (χ3v) is 3.43. The molecular formula is C14H28N2O2. The summed E-state index contributed by atoms with van der Waals surface area (Å²) in [5, 5.41) is 0. The molecule has 2 N–H and O–H groups in total. The van der Waals surface area contributed by atoms with Crippen LogP contribution in [-0.2, 0) is 4.74 Å². The molecule has 1 aliphatic heterocycles. The monoisotopic (exact) mass is 256 g/mol. The number of ether oxygens (including phenoxy) is 1. The molecule has 2 unspecified atom stereocenters. The molecular weight excluding hydrogens is 228 g/mol. The van der Waals surface area contributed by atoms with Gasteiger partial charge in [0.25, 0.3) is 0 Å². The number of nitrogens with zero attached hydrogens (tertiary/aromatic N) is 1. The summed E-state index contributed by atoms with van der Waals surface area (Å²) in [7, 11) is 0. The number of hydrogen-bond donors (Lipinski definition) is 1. The fourth-order valence-corrected chi connectivity index (χ4v) is 2.85. The topological polar surface area (TPSA) is 55.6 Å². The van der Waals surface area contributed by atoms with E-state index in [9.17, 15) is 4.79 Å². The van der Waals surface area contributed by atoms with Gasteiger partial charge in [0.15, 0.2) is 0 Å². The van der Waals surface area contributed by atoms with Crippen molar-refractivity contribution >= 4 is 6.09 Å². The molecule has 1 rings (SSSR count). The van der Waals surface area contributed by atoms with E-state index in [0.29, 0.717) is 18.4 Å². The molecule has 1 aliphatic rings. The van der Waals surface area contributed by atoms with Gasteiger partial charge < -0.3 is 15.4 Å². The van der Waals surface area contributed by atoms with E-state index in [0.717, 1.165) is 19.4 Å². The molecule has 0 aromatic carbocycles. The van der Waals surface area contributed by atoms with E-state index >= 15 is 0 Å². The minimum atomic E-state index is -0.426. The SMILES string of the molecule is CC(C)C1C(CCN)CCN1C(=O)OC(C)(C)C. The van der Waals surface area contributed by atoms with Crippen LogP contribution in [0.2, 0.25) is 0 Å². The van der Waals surface area contributed by atoms with E-state index in [1.165, 1.54) is 0 Å². The van der Waals surface area contributed by atoms with Gasteiger partial charge in [-0.05, 0) is 52.0 Å². The van der Waals surface area contributed by atoms with E-state index in [1.54, 1.807) is 0 Å². The normalized spacial score (nSPS) is 24.7. The average Bonchev–Trinajstić information content (AvgIpc) is 2.59. The second-order valence-corrected chi connectivity index (χ2v) is 6.53. The van der Waals surface area contributed by atoms with Crippen LogP contribution in [0.5, 0.6) is 0 Å². The first kappa shape index (κ1) is 15.3. The first-order valence-corrected chi connectivity index (χ1v) is 6.96. The van der Waals surface area contributed by atoms with Crippen LogP contribution in [0.15, 0.2) is 0 Å².